The van der Waals surface area contributed by atoms with Crippen molar-refractivity contribution in [3.63, 3.8) is 0 Å². The van der Waals surface area contributed by atoms with Crippen molar-refractivity contribution in [1.82, 2.24) is 9.97 Å². The molecule has 2 amide bonds. The van der Waals surface area contributed by atoms with Gasteiger partial charge in [-0.05, 0) is 58.6 Å². The van der Waals surface area contributed by atoms with E-state index in [1.807, 2.05) is 0 Å². The van der Waals surface area contributed by atoms with Crippen LogP contribution in [0.5, 0.6) is 0 Å². The minimum atomic E-state index is -0.805. The monoisotopic (exact) mass is 436 g/mol. The van der Waals surface area contributed by atoms with Crippen LogP contribution in [0.4, 0.5) is 20.6 Å². The molecule has 0 saturated heterocycles. The number of benzene rings is 1. The molecule has 2 rings (SSSR count). The van der Waals surface area contributed by atoms with Crippen LogP contribution in [0.25, 0.3) is 0 Å². The summed E-state index contributed by atoms with van der Waals surface area (Å²) >= 11 is 1.33. The summed E-state index contributed by atoms with van der Waals surface area (Å²) in [6.07, 6.45) is 1.25. The minimum Gasteiger partial charge on any atom is -0.444 e. The van der Waals surface area contributed by atoms with Crippen LogP contribution in [0.15, 0.2) is 28.2 Å². The van der Waals surface area contributed by atoms with Gasteiger partial charge in [0.25, 0.3) is 5.56 Å². The second-order valence-corrected chi connectivity index (χ2v) is 8.30. The fourth-order valence-electron chi connectivity index (χ4n) is 2.55. The number of aromatic amines is 1. The lowest BCUT2D eigenvalue weighted by molar-refractivity contribution is -0.116. The Morgan fingerprint density at radius 1 is 1.27 bits per heavy atom. The highest BCUT2D eigenvalue weighted by molar-refractivity contribution is 7.98. The molecule has 1 aromatic heterocycles. The summed E-state index contributed by atoms with van der Waals surface area (Å²) in [5, 5.41) is 5.46. The number of aryl methyl sites for hydroxylation is 1. The molecule has 1 aromatic carbocycles. The standard InChI is InChI=1S/C20H25FN4O4S/c1-11-13(17(27)25-18(22-11)30-5)7-9-16(26)23-12-6-8-14(21)15(10-12)24-19(28)29-20(2,3)4/h6,8,10H,7,9H2,1-5H3,(H,23,26)(H,24,28)(H,22,25,27). The fourth-order valence-corrected chi connectivity index (χ4v) is 2.97. The zero-order chi connectivity index (χ0) is 22.5. The van der Waals surface area contributed by atoms with Crippen LogP contribution >= 0.6 is 11.8 Å². The molecule has 0 unspecified atom stereocenters. The largest absolute Gasteiger partial charge is 0.444 e. The summed E-state index contributed by atoms with van der Waals surface area (Å²) in [5.74, 6) is -1.03. The Morgan fingerprint density at radius 2 is 1.97 bits per heavy atom. The van der Waals surface area contributed by atoms with Gasteiger partial charge < -0.3 is 15.0 Å². The molecule has 1 heterocycles. The normalized spacial score (nSPS) is 11.1. The number of amides is 2. The second-order valence-electron chi connectivity index (χ2n) is 7.51. The first-order valence-electron chi connectivity index (χ1n) is 9.21. The van der Waals surface area contributed by atoms with Crippen molar-refractivity contribution in [2.24, 2.45) is 0 Å². The third kappa shape index (κ3) is 6.87. The van der Waals surface area contributed by atoms with Gasteiger partial charge >= 0.3 is 6.09 Å². The van der Waals surface area contributed by atoms with Gasteiger partial charge in [-0.15, -0.1) is 0 Å². The van der Waals surface area contributed by atoms with Crippen LogP contribution < -0.4 is 16.2 Å². The number of carbonyl (C=O) groups is 2. The van der Waals surface area contributed by atoms with E-state index in [1.165, 1.54) is 23.9 Å². The van der Waals surface area contributed by atoms with Crippen molar-refractivity contribution in [3.8, 4) is 0 Å². The first kappa shape index (κ1) is 23.4. The number of nitrogens with one attached hydrogen (secondary N) is 3. The van der Waals surface area contributed by atoms with E-state index < -0.39 is 17.5 Å². The number of thioether (sulfide) groups is 1. The smallest absolute Gasteiger partial charge is 0.412 e. The Hall–Kier alpha value is -2.88. The first-order chi connectivity index (χ1) is 14.0. The molecule has 0 atom stereocenters. The van der Waals surface area contributed by atoms with E-state index in [1.54, 1.807) is 34.0 Å². The molecule has 10 heteroatoms. The zero-order valence-corrected chi connectivity index (χ0v) is 18.3. The van der Waals surface area contributed by atoms with Crippen molar-refractivity contribution in [1.29, 1.82) is 0 Å². The Balaban J connectivity index is 2.02. The molecule has 162 valence electrons. The van der Waals surface area contributed by atoms with Crippen molar-refractivity contribution >= 4 is 35.1 Å². The highest BCUT2D eigenvalue weighted by Crippen LogP contribution is 2.21. The van der Waals surface area contributed by atoms with E-state index in [2.05, 4.69) is 20.6 Å². The van der Waals surface area contributed by atoms with Gasteiger partial charge in [0, 0.05) is 23.4 Å². The molecule has 0 aliphatic carbocycles. The molecule has 8 nitrogen and oxygen atoms in total. The Labute approximate surface area is 178 Å². The van der Waals surface area contributed by atoms with E-state index >= 15 is 0 Å². The van der Waals surface area contributed by atoms with Gasteiger partial charge in [0.2, 0.25) is 5.91 Å². The Bertz CT molecular complexity index is 1000. The highest BCUT2D eigenvalue weighted by Gasteiger charge is 2.18. The average Bonchev–Trinajstić information content (AvgIpc) is 2.62. The molecule has 0 bridgehead atoms. The summed E-state index contributed by atoms with van der Waals surface area (Å²) in [6.45, 7) is 6.79. The molecule has 0 fully saturated rings. The lowest BCUT2D eigenvalue weighted by Gasteiger charge is -2.20. The SMILES string of the molecule is CSc1nc(C)c(CCC(=O)Nc2ccc(F)c(NC(=O)OC(C)(C)C)c2)c(=O)[nH]1. The summed E-state index contributed by atoms with van der Waals surface area (Å²) in [7, 11) is 0. The number of nitrogens with zero attached hydrogens (tertiary/aromatic N) is 1. The lowest BCUT2D eigenvalue weighted by Crippen LogP contribution is -2.27. The second kappa shape index (κ2) is 9.75. The number of carbonyl (C=O) groups excluding carboxylic acids is 2. The predicted octanol–water partition coefficient (Wildman–Crippen LogP) is 3.86. The number of hydrogen-bond acceptors (Lipinski definition) is 6. The molecule has 0 saturated carbocycles. The quantitative estimate of drug-likeness (QED) is 0.468. The number of anilines is 2. The number of halogens is 1. The first-order valence-corrected chi connectivity index (χ1v) is 10.4. The molecular weight excluding hydrogens is 411 g/mol. The molecule has 0 aliphatic rings. The van der Waals surface area contributed by atoms with Gasteiger partial charge in [-0.25, -0.2) is 14.2 Å². The maximum atomic E-state index is 14.0. The lowest BCUT2D eigenvalue weighted by atomic mass is 10.1. The van der Waals surface area contributed by atoms with E-state index in [0.29, 0.717) is 22.1 Å². The third-order valence-electron chi connectivity index (χ3n) is 3.88. The van der Waals surface area contributed by atoms with Gasteiger partial charge in [-0.3, -0.25) is 14.9 Å². The van der Waals surface area contributed by atoms with Gasteiger partial charge in [0.1, 0.15) is 11.4 Å². The summed E-state index contributed by atoms with van der Waals surface area (Å²) in [5.41, 5.74) is 0.187. The van der Waals surface area contributed by atoms with Gasteiger partial charge in [0.15, 0.2) is 5.16 Å². The number of rotatable bonds is 6. The number of H-pyrrole nitrogens is 1. The van der Waals surface area contributed by atoms with E-state index in [4.69, 9.17) is 4.74 Å². The van der Waals surface area contributed by atoms with Crippen LogP contribution in [0.1, 0.15) is 38.4 Å². The third-order valence-corrected chi connectivity index (χ3v) is 4.46. The van der Waals surface area contributed by atoms with Crippen molar-refractivity contribution in [3.05, 3.63) is 45.6 Å². The average molecular weight is 437 g/mol. The van der Waals surface area contributed by atoms with Crippen molar-refractivity contribution in [2.45, 2.75) is 51.3 Å². The Morgan fingerprint density at radius 3 is 2.57 bits per heavy atom. The van der Waals surface area contributed by atoms with Crippen LogP contribution in [0.2, 0.25) is 0 Å². The number of hydrogen-bond donors (Lipinski definition) is 3. The fraction of sp³-hybridized carbons (Fsp3) is 0.400. The van der Waals surface area contributed by atoms with Crippen LogP contribution in [-0.4, -0.2) is 33.8 Å². The zero-order valence-electron chi connectivity index (χ0n) is 17.5. The maximum Gasteiger partial charge on any atom is 0.412 e. The highest BCUT2D eigenvalue weighted by atomic mass is 32.2. The van der Waals surface area contributed by atoms with Gasteiger partial charge in [-0.2, -0.15) is 0 Å². The van der Waals surface area contributed by atoms with Crippen molar-refractivity contribution < 1.29 is 18.7 Å². The molecule has 0 spiro atoms. The van der Waals surface area contributed by atoms with Crippen LogP contribution in [0, 0.1) is 12.7 Å². The molecule has 30 heavy (non-hydrogen) atoms. The van der Waals surface area contributed by atoms with E-state index in [-0.39, 0.29) is 30.0 Å². The topological polar surface area (TPSA) is 113 Å². The summed E-state index contributed by atoms with van der Waals surface area (Å²) in [4.78, 5) is 43.2. The Kier molecular flexibility index (Phi) is 7.60. The summed E-state index contributed by atoms with van der Waals surface area (Å²) in [6, 6.07) is 3.80. The van der Waals surface area contributed by atoms with Crippen LogP contribution in [0.3, 0.4) is 0 Å². The summed E-state index contributed by atoms with van der Waals surface area (Å²) < 4.78 is 19.1. The van der Waals surface area contributed by atoms with Gasteiger partial charge in [-0.1, -0.05) is 11.8 Å². The predicted molar refractivity (Wildman–Crippen MR) is 115 cm³/mol. The molecule has 3 N–H and O–H groups in total. The van der Waals surface area contributed by atoms with Crippen molar-refractivity contribution in [2.75, 3.05) is 16.9 Å². The molecule has 0 aliphatic heterocycles. The van der Waals surface area contributed by atoms with E-state index in [0.717, 1.165) is 6.07 Å². The van der Waals surface area contributed by atoms with Crippen LogP contribution in [-0.2, 0) is 16.0 Å². The van der Waals surface area contributed by atoms with E-state index in [9.17, 15) is 18.8 Å². The molecular formula is C20H25FN4O4S. The number of ether oxygens (including phenoxy) is 1. The molecule has 0 radical (unpaired) electrons. The number of aromatic nitrogens is 2. The van der Waals surface area contributed by atoms with Gasteiger partial charge in [0.05, 0.1) is 5.69 Å². The minimum absolute atomic E-state index is 0.0381. The molecule has 2 aromatic rings. The maximum absolute atomic E-state index is 14.0.